The summed E-state index contributed by atoms with van der Waals surface area (Å²) < 4.78 is 0. The van der Waals surface area contributed by atoms with Crippen molar-refractivity contribution in [3.8, 4) is 0 Å². The molecule has 1 rings (SSSR count). The average Bonchev–Trinajstić information content (AvgIpc) is 2.16. The van der Waals surface area contributed by atoms with E-state index >= 15 is 0 Å². The fourth-order valence-corrected chi connectivity index (χ4v) is 1.18. The Balaban J connectivity index is 2.74. The number of nitrogens with one attached hydrogen (secondary N) is 2. The second-order valence-electron chi connectivity index (χ2n) is 3.05. The summed E-state index contributed by atoms with van der Waals surface area (Å²) in [4.78, 5) is 20.9. The zero-order valence-electron chi connectivity index (χ0n) is 8.46. The second-order valence-corrected chi connectivity index (χ2v) is 4.15. The molecule has 4 nitrogen and oxygen atoms in total. The van der Waals surface area contributed by atoms with Crippen LogP contribution in [0.1, 0.15) is 6.92 Å². The van der Waals surface area contributed by atoms with Gasteiger partial charge in [0.15, 0.2) is 4.84 Å². The van der Waals surface area contributed by atoms with E-state index in [-0.39, 0.29) is 5.91 Å². The van der Waals surface area contributed by atoms with Crippen LogP contribution < -0.4 is 10.6 Å². The summed E-state index contributed by atoms with van der Waals surface area (Å²) >= 11 is 10.8. The maximum absolute atomic E-state index is 11.2. The summed E-state index contributed by atoms with van der Waals surface area (Å²) in [5.74, 6) is -0.695. The van der Waals surface area contributed by atoms with E-state index < -0.39 is 10.7 Å². The van der Waals surface area contributed by atoms with Crippen molar-refractivity contribution in [2.24, 2.45) is 0 Å². The van der Waals surface area contributed by atoms with Gasteiger partial charge in [-0.25, -0.2) is 0 Å². The van der Waals surface area contributed by atoms with Crippen LogP contribution in [0.4, 0.5) is 11.4 Å². The quantitative estimate of drug-likeness (QED) is 0.821. The van der Waals surface area contributed by atoms with Crippen LogP contribution in [0.25, 0.3) is 0 Å². The maximum atomic E-state index is 11.2. The number of amides is 2. The summed E-state index contributed by atoms with van der Waals surface area (Å²) in [6, 6.07) is 6.67. The predicted molar refractivity (Wildman–Crippen MR) is 64.9 cm³/mol. The minimum absolute atomic E-state index is 0.184. The van der Waals surface area contributed by atoms with E-state index in [2.05, 4.69) is 10.6 Å². The van der Waals surface area contributed by atoms with E-state index in [9.17, 15) is 9.59 Å². The average molecular weight is 261 g/mol. The highest BCUT2D eigenvalue weighted by Crippen LogP contribution is 2.16. The summed E-state index contributed by atoms with van der Waals surface area (Å²) in [6.07, 6.45) is 0. The Labute approximate surface area is 103 Å². The minimum Gasteiger partial charge on any atom is -0.326 e. The number of hydrogen-bond donors (Lipinski definition) is 2. The lowest BCUT2D eigenvalue weighted by Crippen LogP contribution is -2.18. The van der Waals surface area contributed by atoms with Gasteiger partial charge in [0.05, 0.1) is 0 Å². The van der Waals surface area contributed by atoms with Gasteiger partial charge in [0, 0.05) is 18.3 Å². The number of alkyl halides is 2. The molecule has 0 saturated heterocycles. The highest BCUT2D eigenvalue weighted by atomic mass is 35.5. The third-order valence-corrected chi connectivity index (χ3v) is 2.05. The van der Waals surface area contributed by atoms with Gasteiger partial charge < -0.3 is 10.6 Å². The number of anilines is 2. The van der Waals surface area contributed by atoms with E-state index in [0.29, 0.717) is 11.4 Å². The Kier molecular flexibility index (Phi) is 4.58. The van der Waals surface area contributed by atoms with Crippen LogP contribution in [-0.2, 0) is 9.59 Å². The lowest BCUT2D eigenvalue weighted by atomic mass is 10.2. The van der Waals surface area contributed by atoms with Gasteiger partial charge in [-0.05, 0) is 18.2 Å². The van der Waals surface area contributed by atoms with Crippen LogP contribution in [-0.4, -0.2) is 16.7 Å². The second kappa shape index (κ2) is 5.72. The van der Waals surface area contributed by atoms with Gasteiger partial charge in [0.2, 0.25) is 5.91 Å². The van der Waals surface area contributed by atoms with E-state index in [0.717, 1.165) is 0 Å². The first kappa shape index (κ1) is 12.8. The molecule has 0 aromatic heterocycles. The lowest BCUT2D eigenvalue weighted by molar-refractivity contribution is -0.115. The molecule has 0 aliphatic heterocycles. The smallest absolute Gasteiger partial charge is 0.257 e. The molecule has 0 unspecified atom stereocenters. The minimum atomic E-state index is -1.12. The van der Waals surface area contributed by atoms with E-state index in [4.69, 9.17) is 23.2 Å². The van der Waals surface area contributed by atoms with Crippen molar-refractivity contribution in [1.29, 1.82) is 0 Å². The van der Waals surface area contributed by atoms with E-state index in [1.165, 1.54) is 6.92 Å². The Morgan fingerprint density at radius 2 is 1.75 bits per heavy atom. The third-order valence-electron chi connectivity index (χ3n) is 1.65. The predicted octanol–water partition coefficient (Wildman–Crippen LogP) is 2.39. The molecule has 1 aromatic carbocycles. The van der Waals surface area contributed by atoms with Crippen molar-refractivity contribution in [3.63, 3.8) is 0 Å². The summed E-state index contributed by atoms with van der Waals surface area (Å²) in [5.41, 5.74) is 1.11. The first-order valence-corrected chi connectivity index (χ1v) is 5.33. The first-order valence-electron chi connectivity index (χ1n) is 4.45. The van der Waals surface area contributed by atoms with Crippen LogP contribution in [0.5, 0.6) is 0 Å². The van der Waals surface area contributed by atoms with Crippen molar-refractivity contribution in [3.05, 3.63) is 24.3 Å². The van der Waals surface area contributed by atoms with Crippen molar-refractivity contribution >= 4 is 46.4 Å². The normalized spacial score (nSPS) is 10.0. The highest BCUT2D eigenvalue weighted by molar-refractivity contribution is 6.54. The number of benzene rings is 1. The summed E-state index contributed by atoms with van der Waals surface area (Å²) in [7, 11) is 0. The molecule has 0 heterocycles. The molecule has 0 fully saturated rings. The summed E-state index contributed by atoms with van der Waals surface area (Å²) in [5, 5.41) is 5.09. The van der Waals surface area contributed by atoms with Gasteiger partial charge in [0.25, 0.3) is 5.91 Å². The number of carbonyl (C=O) groups is 2. The van der Waals surface area contributed by atoms with Crippen molar-refractivity contribution in [2.45, 2.75) is 11.8 Å². The van der Waals surface area contributed by atoms with E-state index in [1.807, 2.05) is 0 Å². The van der Waals surface area contributed by atoms with Gasteiger partial charge in [-0.15, -0.1) is 0 Å². The van der Waals surface area contributed by atoms with Crippen LogP contribution in [0.2, 0.25) is 0 Å². The fourth-order valence-electron chi connectivity index (χ4n) is 1.07. The molecule has 0 aliphatic rings. The first-order chi connectivity index (χ1) is 7.49. The fraction of sp³-hybridized carbons (Fsp3) is 0.200. The van der Waals surface area contributed by atoms with Gasteiger partial charge in [-0.1, -0.05) is 29.3 Å². The van der Waals surface area contributed by atoms with Crippen LogP contribution in [0, 0.1) is 0 Å². The Hall–Kier alpha value is -1.26. The van der Waals surface area contributed by atoms with Gasteiger partial charge in [0.1, 0.15) is 0 Å². The molecular formula is C10H10Cl2N2O2. The number of halogens is 2. The number of carbonyl (C=O) groups excluding carboxylic acids is 2. The van der Waals surface area contributed by atoms with Crippen LogP contribution in [0.15, 0.2) is 24.3 Å². The lowest BCUT2D eigenvalue weighted by Gasteiger charge is -2.07. The van der Waals surface area contributed by atoms with Crippen molar-refractivity contribution < 1.29 is 9.59 Å². The topological polar surface area (TPSA) is 58.2 Å². The molecule has 2 N–H and O–H groups in total. The zero-order chi connectivity index (χ0) is 12.1. The monoisotopic (exact) mass is 260 g/mol. The highest BCUT2D eigenvalue weighted by Gasteiger charge is 2.11. The molecule has 0 bridgehead atoms. The molecule has 86 valence electrons. The Morgan fingerprint density at radius 3 is 2.25 bits per heavy atom. The molecule has 2 amide bonds. The molecule has 0 spiro atoms. The molecule has 0 radical (unpaired) electrons. The Morgan fingerprint density at radius 1 is 1.19 bits per heavy atom. The SMILES string of the molecule is CC(=O)Nc1cccc(NC(=O)C(Cl)Cl)c1. The molecule has 1 aromatic rings. The van der Waals surface area contributed by atoms with Gasteiger partial charge >= 0.3 is 0 Å². The van der Waals surface area contributed by atoms with Crippen LogP contribution >= 0.6 is 23.2 Å². The standard InChI is InChI=1S/C10H10Cl2N2O2/c1-6(15)13-7-3-2-4-8(5-7)14-10(16)9(11)12/h2-5,9H,1H3,(H,13,15)(H,14,16). The van der Waals surface area contributed by atoms with Crippen molar-refractivity contribution in [2.75, 3.05) is 10.6 Å². The molecule has 16 heavy (non-hydrogen) atoms. The van der Waals surface area contributed by atoms with Crippen molar-refractivity contribution in [1.82, 2.24) is 0 Å². The molecule has 0 saturated carbocycles. The van der Waals surface area contributed by atoms with E-state index in [1.54, 1.807) is 24.3 Å². The van der Waals surface area contributed by atoms with Crippen LogP contribution in [0.3, 0.4) is 0 Å². The van der Waals surface area contributed by atoms with Gasteiger partial charge in [-0.2, -0.15) is 0 Å². The number of rotatable bonds is 3. The molecule has 0 aliphatic carbocycles. The molecule has 6 heteroatoms. The maximum Gasteiger partial charge on any atom is 0.257 e. The zero-order valence-corrected chi connectivity index (χ0v) is 9.97. The van der Waals surface area contributed by atoms with Gasteiger partial charge in [-0.3, -0.25) is 9.59 Å². The third kappa shape index (κ3) is 4.08. The molecule has 0 atom stereocenters. The summed E-state index contributed by atoms with van der Waals surface area (Å²) in [6.45, 7) is 1.40. The largest absolute Gasteiger partial charge is 0.326 e. The molecular weight excluding hydrogens is 251 g/mol. The Bertz CT molecular complexity index is 408. The number of hydrogen-bond acceptors (Lipinski definition) is 2.